The summed E-state index contributed by atoms with van der Waals surface area (Å²) in [4.78, 5) is 27.2. The average Bonchev–Trinajstić information content (AvgIpc) is 3.29. The van der Waals surface area contributed by atoms with Gasteiger partial charge in [0, 0.05) is 6.54 Å². The monoisotopic (exact) mass is 431 g/mol. The molecule has 5 nitrogen and oxygen atoms in total. The van der Waals surface area contributed by atoms with Crippen molar-refractivity contribution in [3.8, 4) is 11.5 Å². The Morgan fingerprint density at radius 2 is 2.14 bits per heavy atom. The fourth-order valence-electron chi connectivity index (χ4n) is 2.45. The number of thiocarbonyl (C=S) groups is 1. The predicted molar refractivity (Wildman–Crippen MR) is 117 cm³/mol. The Balaban J connectivity index is 1.84. The summed E-state index contributed by atoms with van der Waals surface area (Å²) < 4.78 is 11.6. The van der Waals surface area contributed by atoms with Crippen LogP contribution in [0.4, 0.5) is 0 Å². The highest BCUT2D eigenvalue weighted by Crippen LogP contribution is 2.35. The number of hydrogen-bond donors (Lipinski definition) is 0. The van der Waals surface area contributed by atoms with Crippen LogP contribution in [0.2, 0.25) is 0 Å². The molecule has 3 rings (SSSR count). The first kappa shape index (κ1) is 20.3. The molecule has 2 heterocycles. The van der Waals surface area contributed by atoms with E-state index in [2.05, 4.69) is 6.58 Å². The highest BCUT2D eigenvalue weighted by molar-refractivity contribution is 8.26. The zero-order valence-corrected chi connectivity index (χ0v) is 17.5. The smallest absolute Gasteiger partial charge is 0.353 e. The summed E-state index contributed by atoms with van der Waals surface area (Å²) in [5, 5.41) is 1.81. The lowest BCUT2D eigenvalue weighted by Gasteiger charge is -2.11. The molecule has 1 aromatic heterocycles. The largest absolute Gasteiger partial charge is 0.490 e. The third kappa shape index (κ3) is 4.52. The molecular formula is C20H17NO4S3. The molecule has 1 aliphatic heterocycles. The second-order valence-corrected chi connectivity index (χ2v) is 8.21. The molecule has 1 saturated heterocycles. The number of nitrogens with zero attached hydrogens (tertiary/aromatic N) is 1. The standard InChI is InChI=1S/C20H17NO4S3/c1-3-9-21-18(22)17(28-20(21)26)12-13-7-8-14(15(11-13)24-4-2)25-19(23)16-6-5-10-27-16/h3,5-8,10-12H,1,4,9H2,2H3. The Kier molecular flexibility index (Phi) is 6.66. The van der Waals surface area contributed by atoms with Crippen molar-refractivity contribution >= 4 is 57.6 Å². The van der Waals surface area contributed by atoms with Gasteiger partial charge in [0.25, 0.3) is 5.91 Å². The van der Waals surface area contributed by atoms with Gasteiger partial charge in [0.05, 0.1) is 11.5 Å². The lowest BCUT2D eigenvalue weighted by atomic mass is 10.2. The summed E-state index contributed by atoms with van der Waals surface area (Å²) in [6.45, 7) is 6.28. The Bertz CT molecular complexity index is 950. The van der Waals surface area contributed by atoms with Crippen molar-refractivity contribution in [2.24, 2.45) is 0 Å². The molecule has 0 saturated carbocycles. The van der Waals surface area contributed by atoms with Crippen LogP contribution in [0, 0.1) is 0 Å². The maximum absolute atomic E-state index is 12.5. The number of benzene rings is 1. The van der Waals surface area contributed by atoms with Crippen molar-refractivity contribution in [1.82, 2.24) is 4.90 Å². The zero-order valence-electron chi connectivity index (χ0n) is 15.0. The van der Waals surface area contributed by atoms with E-state index in [1.807, 2.05) is 12.3 Å². The first-order valence-corrected chi connectivity index (χ1v) is 10.5. The highest BCUT2D eigenvalue weighted by atomic mass is 32.2. The molecule has 0 bridgehead atoms. The molecule has 1 fully saturated rings. The minimum Gasteiger partial charge on any atom is -0.490 e. The van der Waals surface area contributed by atoms with E-state index < -0.39 is 5.97 Å². The first-order valence-electron chi connectivity index (χ1n) is 8.42. The van der Waals surface area contributed by atoms with E-state index in [0.29, 0.717) is 38.8 Å². The Morgan fingerprint density at radius 1 is 1.32 bits per heavy atom. The number of thioether (sulfide) groups is 1. The Hall–Kier alpha value is -2.42. The van der Waals surface area contributed by atoms with Gasteiger partial charge in [-0.2, -0.15) is 0 Å². The molecular weight excluding hydrogens is 414 g/mol. The minimum atomic E-state index is -0.436. The number of hydrogen-bond acceptors (Lipinski definition) is 7. The van der Waals surface area contributed by atoms with Gasteiger partial charge in [-0.1, -0.05) is 42.2 Å². The fourth-order valence-corrected chi connectivity index (χ4v) is 4.32. The average molecular weight is 432 g/mol. The molecule has 0 atom stereocenters. The van der Waals surface area contributed by atoms with E-state index in [1.54, 1.807) is 42.5 Å². The maximum Gasteiger partial charge on any atom is 0.353 e. The van der Waals surface area contributed by atoms with E-state index >= 15 is 0 Å². The maximum atomic E-state index is 12.5. The molecule has 0 aliphatic carbocycles. The third-order valence-electron chi connectivity index (χ3n) is 3.68. The van der Waals surface area contributed by atoms with Crippen LogP contribution in [-0.4, -0.2) is 34.2 Å². The van der Waals surface area contributed by atoms with Crippen molar-refractivity contribution in [1.29, 1.82) is 0 Å². The summed E-state index contributed by atoms with van der Waals surface area (Å²) >= 11 is 7.80. The molecule has 2 aromatic rings. The van der Waals surface area contributed by atoms with Gasteiger partial charge < -0.3 is 9.47 Å². The van der Waals surface area contributed by atoms with Crippen LogP contribution in [0.25, 0.3) is 6.08 Å². The molecule has 0 spiro atoms. The van der Waals surface area contributed by atoms with E-state index in [9.17, 15) is 9.59 Å². The van der Waals surface area contributed by atoms with Crippen LogP contribution in [0.1, 0.15) is 22.2 Å². The van der Waals surface area contributed by atoms with E-state index in [0.717, 1.165) is 5.56 Å². The number of thiophene rings is 1. The van der Waals surface area contributed by atoms with E-state index in [-0.39, 0.29) is 5.91 Å². The number of rotatable bonds is 7. The van der Waals surface area contributed by atoms with Gasteiger partial charge in [0.15, 0.2) is 11.5 Å². The van der Waals surface area contributed by atoms with Crippen molar-refractivity contribution in [2.75, 3.05) is 13.2 Å². The summed E-state index contributed by atoms with van der Waals surface area (Å²) in [6, 6.07) is 8.65. The number of esters is 1. The molecule has 28 heavy (non-hydrogen) atoms. The molecule has 8 heteroatoms. The van der Waals surface area contributed by atoms with Gasteiger partial charge in [-0.3, -0.25) is 9.69 Å². The van der Waals surface area contributed by atoms with Gasteiger partial charge in [-0.25, -0.2) is 4.79 Å². The molecule has 0 radical (unpaired) electrons. The van der Waals surface area contributed by atoms with Crippen LogP contribution < -0.4 is 9.47 Å². The van der Waals surface area contributed by atoms with Gasteiger partial charge in [0.2, 0.25) is 0 Å². The normalized spacial score (nSPS) is 15.2. The molecule has 1 aliphatic rings. The van der Waals surface area contributed by atoms with Gasteiger partial charge >= 0.3 is 5.97 Å². The molecule has 0 unspecified atom stereocenters. The second kappa shape index (κ2) is 9.18. The van der Waals surface area contributed by atoms with Crippen LogP contribution in [-0.2, 0) is 4.79 Å². The quantitative estimate of drug-likeness (QED) is 0.207. The van der Waals surface area contributed by atoms with Gasteiger partial charge in [0.1, 0.15) is 9.20 Å². The predicted octanol–water partition coefficient (Wildman–Crippen LogP) is 4.75. The van der Waals surface area contributed by atoms with Crippen molar-refractivity contribution in [3.05, 3.63) is 63.7 Å². The topological polar surface area (TPSA) is 55.8 Å². The SMILES string of the molecule is C=CCN1C(=O)C(=Cc2ccc(OC(=O)c3cccs3)c(OCC)c2)SC1=S. The summed E-state index contributed by atoms with van der Waals surface area (Å²) in [5.74, 6) is 0.175. The van der Waals surface area contributed by atoms with Crippen LogP contribution >= 0.6 is 35.3 Å². The van der Waals surface area contributed by atoms with Crippen LogP contribution in [0.15, 0.2) is 53.3 Å². The number of carbonyl (C=O) groups is 2. The molecule has 1 amide bonds. The second-order valence-electron chi connectivity index (χ2n) is 5.59. The van der Waals surface area contributed by atoms with Crippen molar-refractivity contribution in [2.45, 2.75) is 6.92 Å². The number of ether oxygens (including phenoxy) is 2. The lowest BCUT2D eigenvalue weighted by molar-refractivity contribution is -0.121. The summed E-state index contributed by atoms with van der Waals surface area (Å²) in [5.41, 5.74) is 0.749. The number of carbonyl (C=O) groups excluding carboxylic acids is 2. The van der Waals surface area contributed by atoms with E-state index in [4.69, 9.17) is 21.7 Å². The zero-order chi connectivity index (χ0) is 20.1. The minimum absolute atomic E-state index is 0.152. The van der Waals surface area contributed by atoms with Gasteiger partial charge in [-0.15, -0.1) is 17.9 Å². The third-order valence-corrected chi connectivity index (χ3v) is 5.90. The molecule has 144 valence electrons. The summed E-state index contributed by atoms with van der Waals surface area (Å²) in [7, 11) is 0. The molecule has 0 N–H and O–H groups in total. The Labute approximate surface area is 176 Å². The van der Waals surface area contributed by atoms with Crippen molar-refractivity contribution < 1.29 is 19.1 Å². The highest BCUT2D eigenvalue weighted by Gasteiger charge is 2.31. The van der Waals surface area contributed by atoms with Crippen molar-refractivity contribution in [3.63, 3.8) is 0 Å². The van der Waals surface area contributed by atoms with Gasteiger partial charge in [-0.05, 0) is 42.1 Å². The summed E-state index contributed by atoms with van der Waals surface area (Å²) in [6.07, 6.45) is 3.38. The fraction of sp³-hybridized carbons (Fsp3) is 0.150. The van der Waals surface area contributed by atoms with Crippen LogP contribution in [0.5, 0.6) is 11.5 Å². The number of amides is 1. The Morgan fingerprint density at radius 3 is 2.82 bits per heavy atom. The van der Waals surface area contributed by atoms with E-state index in [1.165, 1.54) is 28.0 Å². The lowest BCUT2D eigenvalue weighted by Crippen LogP contribution is -2.27. The molecule has 1 aromatic carbocycles. The van der Waals surface area contributed by atoms with Crippen LogP contribution in [0.3, 0.4) is 0 Å². The first-order chi connectivity index (χ1) is 13.5.